The first-order chi connectivity index (χ1) is 8.09. The number of halogens is 1. The molecule has 0 atom stereocenters. The summed E-state index contributed by atoms with van der Waals surface area (Å²) in [5, 5.41) is 3.44. The number of nitrogens with zero attached hydrogens (tertiary/aromatic N) is 1. The molecule has 0 bridgehead atoms. The summed E-state index contributed by atoms with van der Waals surface area (Å²) in [7, 11) is 0. The van der Waals surface area contributed by atoms with Crippen molar-refractivity contribution >= 4 is 21.7 Å². The van der Waals surface area contributed by atoms with E-state index in [-0.39, 0.29) is 0 Å². The van der Waals surface area contributed by atoms with Gasteiger partial charge in [-0.2, -0.15) is 0 Å². The molecule has 0 amide bonds. The van der Waals surface area contributed by atoms with E-state index in [1.54, 1.807) is 0 Å². The topological polar surface area (TPSA) is 34.1 Å². The van der Waals surface area contributed by atoms with Crippen LogP contribution in [0.25, 0.3) is 0 Å². The zero-order chi connectivity index (χ0) is 12.3. The summed E-state index contributed by atoms with van der Waals surface area (Å²) in [6.45, 7) is 7.11. The molecule has 0 radical (unpaired) electrons. The molecule has 1 aliphatic rings. The Balaban J connectivity index is 1.94. The molecular weight excluding hydrogens is 280 g/mol. The van der Waals surface area contributed by atoms with Crippen molar-refractivity contribution in [3.05, 3.63) is 22.3 Å². The lowest BCUT2D eigenvalue weighted by atomic mass is 9.82. The second kappa shape index (κ2) is 5.36. The summed E-state index contributed by atoms with van der Waals surface area (Å²) in [4.78, 5) is 4.37. The predicted molar refractivity (Wildman–Crippen MR) is 73.3 cm³/mol. The van der Waals surface area contributed by atoms with Crippen LogP contribution < -0.4 is 5.32 Å². The molecule has 1 aromatic heterocycles. The number of aryl methyl sites for hydroxylation is 1. The molecule has 0 unspecified atom stereocenters. The van der Waals surface area contributed by atoms with Crippen molar-refractivity contribution in [2.24, 2.45) is 5.41 Å². The minimum atomic E-state index is 0.334. The second-order valence-electron chi connectivity index (χ2n) is 5.10. The summed E-state index contributed by atoms with van der Waals surface area (Å²) in [5.74, 6) is 0.957. The minimum Gasteiger partial charge on any atom is -0.381 e. The SMILES string of the molecule is Cc1cc(NCC2(C)CCOCC2)ncc1Br. The predicted octanol–water partition coefficient (Wildman–Crippen LogP) is 3.38. The van der Waals surface area contributed by atoms with E-state index in [0.29, 0.717) is 5.41 Å². The van der Waals surface area contributed by atoms with Crippen LogP contribution in [0.1, 0.15) is 25.3 Å². The maximum atomic E-state index is 5.40. The summed E-state index contributed by atoms with van der Waals surface area (Å²) >= 11 is 3.46. The standard InChI is InChI=1S/C13H19BrN2O/c1-10-7-12(15-8-11(10)14)16-9-13(2)3-5-17-6-4-13/h7-8H,3-6,9H2,1-2H3,(H,15,16). The van der Waals surface area contributed by atoms with Gasteiger partial charge in [-0.25, -0.2) is 4.98 Å². The molecule has 17 heavy (non-hydrogen) atoms. The quantitative estimate of drug-likeness (QED) is 0.929. The monoisotopic (exact) mass is 298 g/mol. The Labute approximate surface area is 111 Å². The first-order valence-electron chi connectivity index (χ1n) is 6.03. The molecule has 0 aromatic carbocycles. The molecule has 2 rings (SSSR count). The fourth-order valence-corrected chi connectivity index (χ4v) is 2.20. The van der Waals surface area contributed by atoms with Crippen LogP contribution in [0.3, 0.4) is 0 Å². The van der Waals surface area contributed by atoms with Crippen LogP contribution in [0.15, 0.2) is 16.7 Å². The summed E-state index contributed by atoms with van der Waals surface area (Å²) in [6.07, 6.45) is 4.09. The zero-order valence-corrected chi connectivity index (χ0v) is 12.0. The van der Waals surface area contributed by atoms with E-state index in [1.807, 2.05) is 6.20 Å². The lowest BCUT2D eigenvalue weighted by Gasteiger charge is -2.33. The third kappa shape index (κ3) is 3.42. The fraction of sp³-hybridized carbons (Fsp3) is 0.615. The van der Waals surface area contributed by atoms with Crippen LogP contribution in [-0.4, -0.2) is 24.7 Å². The Morgan fingerprint density at radius 3 is 2.82 bits per heavy atom. The van der Waals surface area contributed by atoms with Crippen molar-refractivity contribution in [1.29, 1.82) is 0 Å². The molecule has 0 aliphatic carbocycles. The highest BCUT2D eigenvalue weighted by atomic mass is 79.9. The molecular formula is C13H19BrN2O. The van der Waals surface area contributed by atoms with Crippen molar-refractivity contribution in [1.82, 2.24) is 4.98 Å². The van der Waals surface area contributed by atoms with Gasteiger partial charge in [0.2, 0.25) is 0 Å². The Morgan fingerprint density at radius 1 is 1.47 bits per heavy atom. The van der Waals surface area contributed by atoms with E-state index in [9.17, 15) is 0 Å². The van der Waals surface area contributed by atoms with E-state index in [4.69, 9.17) is 4.74 Å². The maximum Gasteiger partial charge on any atom is 0.126 e. The van der Waals surface area contributed by atoms with Gasteiger partial charge in [-0.05, 0) is 52.7 Å². The van der Waals surface area contributed by atoms with Gasteiger partial charge in [-0.1, -0.05) is 6.92 Å². The molecule has 1 saturated heterocycles. The van der Waals surface area contributed by atoms with Crippen LogP contribution in [0.2, 0.25) is 0 Å². The van der Waals surface area contributed by atoms with Crippen molar-refractivity contribution in [2.45, 2.75) is 26.7 Å². The number of pyridine rings is 1. The first kappa shape index (κ1) is 12.8. The number of ether oxygens (including phenoxy) is 1. The smallest absolute Gasteiger partial charge is 0.126 e. The highest BCUT2D eigenvalue weighted by molar-refractivity contribution is 9.10. The van der Waals surface area contributed by atoms with Gasteiger partial charge in [0, 0.05) is 30.4 Å². The lowest BCUT2D eigenvalue weighted by Crippen LogP contribution is -2.33. The molecule has 1 aromatic rings. The Hall–Kier alpha value is -0.610. The number of hydrogen-bond donors (Lipinski definition) is 1. The van der Waals surface area contributed by atoms with Crippen molar-refractivity contribution in [3.63, 3.8) is 0 Å². The average molecular weight is 299 g/mol. The third-order valence-electron chi connectivity index (χ3n) is 3.44. The minimum absolute atomic E-state index is 0.334. The first-order valence-corrected chi connectivity index (χ1v) is 6.82. The van der Waals surface area contributed by atoms with Crippen LogP contribution in [0.5, 0.6) is 0 Å². The van der Waals surface area contributed by atoms with Gasteiger partial charge in [-0.3, -0.25) is 0 Å². The molecule has 94 valence electrons. The van der Waals surface area contributed by atoms with E-state index >= 15 is 0 Å². The number of anilines is 1. The molecule has 1 aliphatic heterocycles. The van der Waals surface area contributed by atoms with Gasteiger partial charge in [0.05, 0.1) is 0 Å². The van der Waals surface area contributed by atoms with Crippen molar-refractivity contribution < 1.29 is 4.74 Å². The molecule has 3 nitrogen and oxygen atoms in total. The van der Waals surface area contributed by atoms with Gasteiger partial charge in [0.15, 0.2) is 0 Å². The Kier molecular flexibility index (Phi) is 4.05. The van der Waals surface area contributed by atoms with Crippen LogP contribution in [0, 0.1) is 12.3 Å². The van der Waals surface area contributed by atoms with E-state index < -0.39 is 0 Å². The van der Waals surface area contributed by atoms with Gasteiger partial charge >= 0.3 is 0 Å². The number of nitrogens with one attached hydrogen (secondary N) is 1. The number of rotatable bonds is 3. The zero-order valence-electron chi connectivity index (χ0n) is 10.4. The maximum absolute atomic E-state index is 5.40. The van der Waals surface area contributed by atoms with Gasteiger partial charge in [0.25, 0.3) is 0 Å². The Bertz CT molecular complexity index is 389. The second-order valence-corrected chi connectivity index (χ2v) is 5.95. The molecule has 1 N–H and O–H groups in total. The lowest BCUT2D eigenvalue weighted by molar-refractivity contribution is 0.0300. The number of hydrogen-bond acceptors (Lipinski definition) is 3. The van der Waals surface area contributed by atoms with Gasteiger partial charge in [0.1, 0.15) is 5.82 Å². The highest BCUT2D eigenvalue weighted by Gasteiger charge is 2.27. The van der Waals surface area contributed by atoms with Crippen molar-refractivity contribution in [3.8, 4) is 0 Å². The summed E-state index contributed by atoms with van der Waals surface area (Å²) in [6, 6.07) is 2.08. The molecule has 4 heteroatoms. The normalized spacial score (nSPS) is 19.0. The largest absolute Gasteiger partial charge is 0.381 e. The third-order valence-corrected chi connectivity index (χ3v) is 4.27. The number of aromatic nitrogens is 1. The van der Waals surface area contributed by atoms with Crippen LogP contribution in [-0.2, 0) is 4.74 Å². The highest BCUT2D eigenvalue weighted by Crippen LogP contribution is 2.30. The van der Waals surface area contributed by atoms with Crippen molar-refractivity contribution in [2.75, 3.05) is 25.1 Å². The summed E-state index contributed by atoms with van der Waals surface area (Å²) < 4.78 is 6.46. The van der Waals surface area contributed by atoms with Crippen LogP contribution in [0.4, 0.5) is 5.82 Å². The van der Waals surface area contributed by atoms with E-state index in [2.05, 4.69) is 46.1 Å². The fourth-order valence-electron chi connectivity index (χ4n) is 1.98. The molecule has 2 heterocycles. The van der Waals surface area contributed by atoms with Gasteiger partial charge < -0.3 is 10.1 Å². The molecule has 0 saturated carbocycles. The van der Waals surface area contributed by atoms with Gasteiger partial charge in [-0.15, -0.1) is 0 Å². The molecule has 1 fully saturated rings. The summed E-state index contributed by atoms with van der Waals surface area (Å²) in [5.41, 5.74) is 1.54. The Morgan fingerprint density at radius 2 is 2.18 bits per heavy atom. The van der Waals surface area contributed by atoms with Crippen LogP contribution >= 0.6 is 15.9 Å². The van der Waals surface area contributed by atoms with E-state index in [1.165, 1.54) is 5.56 Å². The van der Waals surface area contributed by atoms with E-state index in [0.717, 1.165) is 42.9 Å². The molecule has 0 spiro atoms. The average Bonchev–Trinajstić information content (AvgIpc) is 2.32.